The molecule has 1 aliphatic rings. The summed E-state index contributed by atoms with van der Waals surface area (Å²) in [7, 11) is 0. The SMILES string of the molecule is CCCCC/C=C/CC/C=C/C(O)C(COC1OC(CO)C(O)C(O)C1O)NC(=O)CCCCCCCCCCCCCCCCC/C=C\C/C=C\CCCCCCCCCCCOC(=O)CCCCCCCCC/C=C\C/C=C\CCCCCC. The minimum absolute atomic E-state index is 0.00278. The molecule has 7 atom stereocenters. The van der Waals surface area contributed by atoms with Crippen molar-refractivity contribution in [3.8, 4) is 0 Å². The average Bonchev–Trinajstić information content (AvgIpc) is 3.20. The maximum Gasteiger partial charge on any atom is 0.305 e. The van der Waals surface area contributed by atoms with Gasteiger partial charge in [0.2, 0.25) is 5.91 Å². The number of amides is 1. The van der Waals surface area contributed by atoms with Gasteiger partial charge >= 0.3 is 5.97 Å². The summed E-state index contributed by atoms with van der Waals surface area (Å²) in [6.45, 7) is 4.27. The van der Waals surface area contributed by atoms with Crippen LogP contribution in [0.3, 0.4) is 0 Å². The van der Waals surface area contributed by atoms with E-state index in [9.17, 15) is 35.1 Å². The van der Waals surface area contributed by atoms with E-state index >= 15 is 0 Å². The van der Waals surface area contributed by atoms with E-state index < -0.39 is 49.5 Å². The molecule has 1 fully saturated rings. The molecule has 0 radical (unpaired) electrons. The maximum absolute atomic E-state index is 13.0. The molecule has 0 aliphatic carbocycles. The summed E-state index contributed by atoms with van der Waals surface area (Å²) in [5.74, 6) is -0.197. The summed E-state index contributed by atoms with van der Waals surface area (Å²) in [5, 5.41) is 54.2. The molecule has 500 valence electrons. The van der Waals surface area contributed by atoms with Gasteiger partial charge in [0.1, 0.15) is 24.4 Å². The number of hydrogen-bond acceptors (Lipinski definition) is 10. The van der Waals surface area contributed by atoms with Crippen molar-refractivity contribution in [3.05, 3.63) is 72.9 Å². The molecule has 0 aromatic carbocycles. The summed E-state index contributed by atoms with van der Waals surface area (Å²) in [4.78, 5) is 25.1. The Morgan fingerprint density at radius 1 is 0.430 bits per heavy atom. The number of hydrogen-bond donors (Lipinski definition) is 6. The van der Waals surface area contributed by atoms with Crippen molar-refractivity contribution < 1.29 is 49.3 Å². The second-order valence-electron chi connectivity index (χ2n) is 24.9. The lowest BCUT2D eigenvalue weighted by Crippen LogP contribution is -2.60. The summed E-state index contributed by atoms with van der Waals surface area (Å²) in [6, 6.07) is -0.827. The first-order valence-electron chi connectivity index (χ1n) is 36.2. The minimum atomic E-state index is -1.58. The average molecular weight is 1210 g/mol. The molecule has 86 heavy (non-hydrogen) atoms. The zero-order valence-corrected chi connectivity index (χ0v) is 55.5. The number of aliphatic hydroxyl groups excluding tert-OH is 5. The van der Waals surface area contributed by atoms with Crippen LogP contribution in [0.5, 0.6) is 0 Å². The molecule has 1 rings (SSSR count). The fourth-order valence-corrected chi connectivity index (χ4v) is 11.0. The van der Waals surface area contributed by atoms with Crippen LogP contribution in [-0.4, -0.2) is 100 Å². The van der Waals surface area contributed by atoms with E-state index in [1.807, 2.05) is 6.08 Å². The molecule has 0 aromatic heterocycles. The number of ether oxygens (including phenoxy) is 3. The predicted octanol–water partition coefficient (Wildman–Crippen LogP) is 18.7. The number of carbonyl (C=O) groups excluding carboxylic acids is 2. The van der Waals surface area contributed by atoms with Gasteiger partial charge in [0.05, 0.1) is 32.0 Å². The minimum Gasteiger partial charge on any atom is -0.466 e. The molecule has 0 saturated carbocycles. The van der Waals surface area contributed by atoms with Crippen LogP contribution in [0.15, 0.2) is 72.9 Å². The van der Waals surface area contributed by atoms with Gasteiger partial charge in [-0.2, -0.15) is 0 Å². The van der Waals surface area contributed by atoms with E-state index in [-0.39, 0.29) is 18.5 Å². The first kappa shape index (κ1) is 81.1. The van der Waals surface area contributed by atoms with Crippen LogP contribution in [0.2, 0.25) is 0 Å². The van der Waals surface area contributed by atoms with Gasteiger partial charge < -0.3 is 45.1 Å². The number of esters is 1. The van der Waals surface area contributed by atoms with Gasteiger partial charge in [-0.15, -0.1) is 0 Å². The Hall–Kier alpha value is -2.90. The Kier molecular flexibility index (Phi) is 60.0. The third-order valence-corrected chi connectivity index (χ3v) is 16.8. The Balaban J connectivity index is 1.91. The zero-order chi connectivity index (χ0) is 62.3. The highest BCUT2D eigenvalue weighted by atomic mass is 16.7. The van der Waals surface area contributed by atoms with E-state index in [2.05, 4.69) is 79.9 Å². The number of allylic oxidation sites excluding steroid dienone is 11. The third kappa shape index (κ3) is 51.9. The molecule has 11 nitrogen and oxygen atoms in total. The zero-order valence-electron chi connectivity index (χ0n) is 55.5. The fourth-order valence-electron chi connectivity index (χ4n) is 11.0. The molecule has 0 bridgehead atoms. The van der Waals surface area contributed by atoms with E-state index in [0.29, 0.717) is 19.4 Å². The number of carbonyl (C=O) groups is 2. The smallest absolute Gasteiger partial charge is 0.305 e. The van der Waals surface area contributed by atoms with Gasteiger partial charge in [0, 0.05) is 12.8 Å². The quantitative estimate of drug-likeness (QED) is 0.0195. The topological polar surface area (TPSA) is 175 Å². The predicted molar refractivity (Wildman–Crippen MR) is 361 cm³/mol. The van der Waals surface area contributed by atoms with Crippen molar-refractivity contribution in [1.82, 2.24) is 5.32 Å². The number of unbranched alkanes of at least 4 members (excludes halogenated alkanes) is 39. The lowest BCUT2D eigenvalue weighted by Gasteiger charge is -2.40. The number of rotatable bonds is 63. The van der Waals surface area contributed by atoms with Crippen molar-refractivity contribution in [2.75, 3.05) is 19.8 Å². The van der Waals surface area contributed by atoms with Crippen LogP contribution in [0.1, 0.15) is 328 Å². The van der Waals surface area contributed by atoms with E-state index in [1.165, 1.54) is 231 Å². The van der Waals surface area contributed by atoms with Crippen LogP contribution in [0.25, 0.3) is 0 Å². The molecule has 1 heterocycles. The van der Waals surface area contributed by atoms with Crippen molar-refractivity contribution in [3.63, 3.8) is 0 Å². The first-order chi connectivity index (χ1) is 42.2. The molecule has 0 aromatic rings. The van der Waals surface area contributed by atoms with Crippen LogP contribution < -0.4 is 5.32 Å². The monoisotopic (exact) mass is 1210 g/mol. The van der Waals surface area contributed by atoms with Gasteiger partial charge in [0.15, 0.2) is 6.29 Å². The molecule has 0 spiro atoms. The Morgan fingerprint density at radius 3 is 1.24 bits per heavy atom. The summed E-state index contributed by atoms with van der Waals surface area (Å²) in [5.41, 5.74) is 0. The molecule has 1 saturated heterocycles. The molecular weight excluding hydrogens is 1070 g/mol. The van der Waals surface area contributed by atoms with Gasteiger partial charge in [-0.25, -0.2) is 0 Å². The Bertz CT molecular complexity index is 1660. The standard InChI is InChI=1S/C75H135NO10/c1-3-5-7-9-11-13-14-15-16-17-34-37-40-43-47-51-55-59-63-71(80)84-64-60-56-52-48-44-41-38-35-32-30-28-26-24-22-20-18-19-21-23-25-27-29-31-33-36-39-42-46-50-54-58-62-70(79)76-67(68(78)61-57-53-49-45-12-10-8-6-4-2)66-85-75-74(83)73(82)72(81)69(65-77)86-75/h12-14,16-17,20,22,26,28,45,57,61,67-69,72-75,77-78,81-83H,3-11,15,18-19,21,23-25,27,29-44,46-56,58-60,62-66H2,1-2H3,(H,76,79)/b14-13-,17-16-,22-20-,28-26-,45-12+,61-57+. The second kappa shape index (κ2) is 63.7. The Labute approximate surface area is 528 Å². The molecule has 11 heteroatoms. The molecule has 7 unspecified atom stereocenters. The largest absolute Gasteiger partial charge is 0.466 e. The van der Waals surface area contributed by atoms with Crippen molar-refractivity contribution >= 4 is 11.9 Å². The Morgan fingerprint density at radius 2 is 0.791 bits per heavy atom. The van der Waals surface area contributed by atoms with Gasteiger partial charge in [-0.3, -0.25) is 9.59 Å². The lowest BCUT2D eigenvalue weighted by molar-refractivity contribution is -0.302. The van der Waals surface area contributed by atoms with E-state index in [4.69, 9.17) is 14.2 Å². The van der Waals surface area contributed by atoms with Gasteiger partial charge in [0.25, 0.3) is 0 Å². The summed E-state index contributed by atoms with van der Waals surface area (Å²) in [6.07, 6.45) is 76.4. The second-order valence-corrected chi connectivity index (χ2v) is 24.9. The highest BCUT2D eigenvalue weighted by molar-refractivity contribution is 5.76. The maximum atomic E-state index is 13.0. The summed E-state index contributed by atoms with van der Waals surface area (Å²) >= 11 is 0. The first-order valence-corrected chi connectivity index (χ1v) is 36.2. The van der Waals surface area contributed by atoms with E-state index in [1.54, 1.807) is 6.08 Å². The van der Waals surface area contributed by atoms with Crippen molar-refractivity contribution in [1.29, 1.82) is 0 Å². The van der Waals surface area contributed by atoms with Gasteiger partial charge in [-0.05, 0) is 109 Å². The number of nitrogens with one attached hydrogen (secondary N) is 1. The number of aliphatic hydroxyl groups is 5. The molecule has 1 amide bonds. The highest BCUT2D eigenvalue weighted by Gasteiger charge is 2.44. The molecular formula is C75H135NO10. The molecule has 6 N–H and O–H groups in total. The summed E-state index contributed by atoms with van der Waals surface area (Å²) < 4.78 is 16.7. The lowest BCUT2D eigenvalue weighted by atomic mass is 9.99. The van der Waals surface area contributed by atoms with Crippen LogP contribution >= 0.6 is 0 Å². The van der Waals surface area contributed by atoms with Crippen LogP contribution in [-0.2, 0) is 23.8 Å². The fraction of sp³-hybridized carbons (Fsp3) is 0.813. The van der Waals surface area contributed by atoms with Crippen LogP contribution in [0.4, 0.5) is 0 Å². The van der Waals surface area contributed by atoms with Crippen molar-refractivity contribution in [2.24, 2.45) is 0 Å². The van der Waals surface area contributed by atoms with Crippen LogP contribution in [0, 0.1) is 0 Å². The van der Waals surface area contributed by atoms with Gasteiger partial charge in [-0.1, -0.05) is 279 Å². The van der Waals surface area contributed by atoms with E-state index in [0.717, 1.165) is 70.6 Å². The highest BCUT2D eigenvalue weighted by Crippen LogP contribution is 2.23. The van der Waals surface area contributed by atoms with Crippen molar-refractivity contribution in [2.45, 2.75) is 371 Å². The normalized spacial score (nSPS) is 18.3. The third-order valence-electron chi connectivity index (χ3n) is 16.8. The molecule has 1 aliphatic heterocycles.